The Morgan fingerprint density at radius 2 is 1.45 bits per heavy atom. The number of fused-ring (bicyclic) bond motifs is 1. The molecule has 0 N–H and O–H groups in total. The van der Waals surface area contributed by atoms with Gasteiger partial charge >= 0.3 is 11.9 Å². The Hall–Kier alpha value is -1.79. The van der Waals surface area contributed by atoms with E-state index in [-0.39, 0.29) is 11.1 Å². The quantitative estimate of drug-likeness (QED) is 0.617. The van der Waals surface area contributed by atoms with Gasteiger partial charge in [0.15, 0.2) is 0 Å². The van der Waals surface area contributed by atoms with E-state index < -0.39 is 22.7 Å². The van der Waals surface area contributed by atoms with Gasteiger partial charge < -0.3 is 4.74 Å². The van der Waals surface area contributed by atoms with Crippen LogP contribution in [0.4, 0.5) is 0 Å². The molecule has 0 saturated carbocycles. The van der Waals surface area contributed by atoms with Crippen molar-refractivity contribution in [1.29, 1.82) is 0 Å². The molecule has 20 heavy (non-hydrogen) atoms. The highest BCUT2D eigenvalue weighted by Crippen LogP contribution is 2.25. The molecule has 0 aliphatic carbocycles. The van der Waals surface area contributed by atoms with E-state index in [0.29, 0.717) is 9.79 Å². The summed E-state index contributed by atoms with van der Waals surface area (Å²) < 4.78 is 17.8. The maximum absolute atomic E-state index is 12.4. The van der Waals surface area contributed by atoms with Gasteiger partial charge in [0.2, 0.25) is 0 Å². The van der Waals surface area contributed by atoms with Crippen LogP contribution in [0.2, 0.25) is 0 Å². The van der Waals surface area contributed by atoms with Crippen LogP contribution in [0.15, 0.2) is 56.7 Å². The zero-order valence-electron chi connectivity index (χ0n) is 9.96. The third-order valence-corrected chi connectivity index (χ3v) is 4.77. The normalized spacial score (nSPS) is 14.8. The minimum absolute atomic E-state index is 0.165. The molecule has 0 spiro atoms. The van der Waals surface area contributed by atoms with E-state index >= 15 is 0 Å². The number of ether oxygens (including phenoxy) is 1. The zero-order valence-corrected chi connectivity index (χ0v) is 12.4. The zero-order chi connectivity index (χ0) is 14.3. The molecule has 0 bridgehead atoms. The van der Waals surface area contributed by atoms with Crippen LogP contribution >= 0.6 is 15.9 Å². The van der Waals surface area contributed by atoms with Crippen molar-refractivity contribution >= 4 is 38.7 Å². The molecule has 0 aromatic heterocycles. The number of cyclic esters (lactones) is 2. The molecule has 1 unspecified atom stereocenters. The molecular formula is C14H7BrO4S. The highest BCUT2D eigenvalue weighted by molar-refractivity contribution is 9.10. The van der Waals surface area contributed by atoms with Gasteiger partial charge in [0.1, 0.15) is 0 Å². The van der Waals surface area contributed by atoms with Crippen molar-refractivity contribution in [2.75, 3.05) is 0 Å². The second-order valence-electron chi connectivity index (χ2n) is 4.11. The topological polar surface area (TPSA) is 60.4 Å². The minimum Gasteiger partial charge on any atom is -0.386 e. The summed E-state index contributed by atoms with van der Waals surface area (Å²) in [4.78, 5) is 23.9. The predicted molar refractivity (Wildman–Crippen MR) is 75.0 cm³/mol. The van der Waals surface area contributed by atoms with Crippen LogP contribution in [0.1, 0.15) is 20.7 Å². The monoisotopic (exact) mass is 350 g/mol. The Bertz CT molecular complexity index is 752. The third kappa shape index (κ3) is 2.21. The molecule has 6 heteroatoms. The number of hydrogen-bond donors (Lipinski definition) is 0. The molecule has 0 amide bonds. The molecule has 0 fully saturated rings. The van der Waals surface area contributed by atoms with Gasteiger partial charge in [-0.2, -0.15) is 0 Å². The summed E-state index contributed by atoms with van der Waals surface area (Å²) in [5.74, 6) is -1.36. The first-order valence-corrected chi connectivity index (χ1v) is 7.58. The second kappa shape index (κ2) is 4.96. The third-order valence-electron chi connectivity index (χ3n) is 2.86. The summed E-state index contributed by atoms with van der Waals surface area (Å²) >= 11 is 3.31. The lowest BCUT2D eigenvalue weighted by molar-refractivity contribution is 0.0444. The van der Waals surface area contributed by atoms with Crippen LogP contribution in [-0.2, 0) is 15.5 Å². The van der Waals surface area contributed by atoms with Crippen molar-refractivity contribution in [2.24, 2.45) is 0 Å². The number of rotatable bonds is 2. The Kier molecular flexibility index (Phi) is 3.27. The van der Waals surface area contributed by atoms with Gasteiger partial charge in [-0.1, -0.05) is 15.9 Å². The minimum atomic E-state index is -1.41. The van der Waals surface area contributed by atoms with Crippen LogP contribution in [0.5, 0.6) is 0 Å². The second-order valence-corrected chi connectivity index (χ2v) is 6.50. The van der Waals surface area contributed by atoms with Gasteiger partial charge in [0.25, 0.3) is 0 Å². The van der Waals surface area contributed by atoms with Gasteiger partial charge in [-0.15, -0.1) is 0 Å². The first kappa shape index (κ1) is 13.2. The summed E-state index contributed by atoms with van der Waals surface area (Å²) in [5, 5.41) is 0. The van der Waals surface area contributed by atoms with E-state index in [1.54, 1.807) is 30.3 Å². The summed E-state index contributed by atoms with van der Waals surface area (Å²) in [6.45, 7) is 0. The van der Waals surface area contributed by atoms with E-state index in [2.05, 4.69) is 20.7 Å². The van der Waals surface area contributed by atoms with Crippen LogP contribution in [0.25, 0.3) is 0 Å². The van der Waals surface area contributed by atoms with Crippen molar-refractivity contribution in [2.45, 2.75) is 9.79 Å². The number of halogens is 1. The lowest BCUT2D eigenvalue weighted by Gasteiger charge is -2.03. The van der Waals surface area contributed by atoms with Crippen LogP contribution < -0.4 is 0 Å². The fraction of sp³-hybridized carbons (Fsp3) is 0. The fourth-order valence-electron chi connectivity index (χ4n) is 1.87. The number of esters is 2. The standard InChI is InChI=1S/C14H7BrO4S/c15-8-1-3-9(4-2-8)20(18)10-5-6-11-12(7-10)14(17)19-13(11)16/h1-7H. The smallest absolute Gasteiger partial charge is 0.346 e. The molecule has 2 aromatic rings. The van der Waals surface area contributed by atoms with E-state index in [1.807, 2.05) is 0 Å². The Morgan fingerprint density at radius 3 is 2.15 bits per heavy atom. The molecule has 0 saturated heterocycles. The highest BCUT2D eigenvalue weighted by Gasteiger charge is 2.30. The Balaban J connectivity index is 2.02. The van der Waals surface area contributed by atoms with Gasteiger partial charge in [0, 0.05) is 14.3 Å². The van der Waals surface area contributed by atoms with Gasteiger partial charge in [-0.3, -0.25) is 0 Å². The van der Waals surface area contributed by atoms with Gasteiger partial charge in [-0.25, -0.2) is 13.8 Å². The molecule has 1 heterocycles. The lowest BCUT2D eigenvalue weighted by Crippen LogP contribution is -1.98. The molecule has 0 radical (unpaired) electrons. The Labute approximate surface area is 125 Å². The average Bonchev–Trinajstić information content (AvgIpc) is 2.74. The maximum Gasteiger partial charge on any atom is 0.346 e. The number of carbonyl (C=O) groups is 2. The maximum atomic E-state index is 12.4. The largest absolute Gasteiger partial charge is 0.386 e. The average molecular weight is 351 g/mol. The van der Waals surface area contributed by atoms with Crippen LogP contribution in [-0.4, -0.2) is 16.1 Å². The molecule has 3 rings (SSSR count). The van der Waals surface area contributed by atoms with E-state index in [1.165, 1.54) is 12.1 Å². The molecule has 1 aliphatic heterocycles. The van der Waals surface area contributed by atoms with Crippen LogP contribution in [0.3, 0.4) is 0 Å². The molecule has 1 aliphatic rings. The molecule has 1 atom stereocenters. The molecule has 2 aromatic carbocycles. The molecule has 100 valence electrons. The van der Waals surface area contributed by atoms with Gasteiger partial charge in [0.05, 0.1) is 21.9 Å². The van der Waals surface area contributed by atoms with Crippen LogP contribution in [0, 0.1) is 0 Å². The Morgan fingerprint density at radius 1 is 0.850 bits per heavy atom. The number of carbonyl (C=O) groups excluding carboxylic acids is 2. The van der Waals surface area contributed by atoms with Gasteiger partial charge in [-0.05, 0) is 42.5 Å². The van der Waals surface area contributed by atoms with Crippen molar-refractivity contribution in [1.82, 2.24) is 0 Å². The first-order chi connectivity index (χ1) is 9.56. The highest BCUT2D eigenvalue weighted by atomic mass is 79.9. The summed E-state index contributed by atoms with van der Waals surface area (Å²) in [5.41, 5.74) is 0.379. The SMILES string of the molecule is O=C1OC(=O)c2cc(S(=O)c3ccc(Br)cc3)ccc21. The number of benzene rings is 2. The molecule has 4 nitrogen and oxygen atoms in total. The summed E-state index contributed by atoms with van der Waals surface area (Å²) in [6, 6.07) is 11.5. The first-order valence-electron chi connectivity index (χ1n) is 5.64. The predicted octanol–water partition coefficient (Wildman–Crippen LogP) is 2.93. The van der Waals surface area contributed by atoms with Crippen molar-refractivity contribution in [3.05, 3.63) is 58.1 Å². The van der Waals surface area contributed by atoms with Crippen molar-refractivity contribution in [3.8, 4) is 0 Å². The molecular weight excluding hydrogens is 344 g/mol. The van der Waals surface area contributed by atoms with E-state index in [0.717, 1.165) is 4.47 Å². The van der Waals surface area contributed by atoms with Crippen molar-refractivity contribution < 1.29 is 18.5 Å². The number of hydrogen-bond acceptors (Lipinski definition) is 4. The summed E-state index contributed by atoms with van der Waals surface area (Å²) in [6.07, 6.45) is 0. The fourth-order valence-corrected chi connectivity index (χ4v) is 3.21. The van der Waals surface area contributed by atoms with E-state index in [9.17, 15) is 13.8 Å². The van der Waals surface area contributed by atoms with E-state index in [4.69, 9.17) is 0 Å². The lowest BCUT2D eigenvalue weighted by atomic mass is 10.1. The van der Waals surface area contributed by atoms with Crippen molar-refractivity contribution in [3.63, 3.8) is 0 Å². The summed E-state index contributed by atoms with van der Waals surface area (Å²) in [7, 11) is -1.41.